The van der Waals surface area contributed by atoms with E-state index < -0.39 is 12.1 Å². The molecule has 0 aromatic heterocycles. The second-order valence-electron chi connectivity index (χ2n) is 5.09. The number of hydrogen-bond acceptors (Lipinski definition) is 3. The molecule has 0 saturated carbocycles. The standard InChI is InChI=1S/C17H16N2O3/c1-11-7-6-10-13(22-2)15(11)19-16(20)14(18-17(19)21)12-8-4-3-5-9-12/h3-10,14H,1-2H3,(H,18,21)/t14-/m0/s1. The molecule has 1 N–H and O–H groups in total. The van der Waals surface area contributed by atoms with Crippen molar-refractivity contribution < 1.29 is 14.3 Å². The van der Waals surface area contributed by atoms with E-state index in [1.807, 2.05) is 49.4 Å². The molecular weight excluding hydrogens is 280 g/mol. The number of para-hydroxylation sites is 1. The van der Waals surface area contributed by atoms with E-state index in [0.29, 0.717) is 11.4 Å². The summed E-state index contributed by atoms with van der Waals surface area (Å²) >= 11 is 0. The van der Waals surface area contributed by atoms with E-state index >= 15 is 0 Å². The Balaban J connectivity index is 2.03. The van der Waals surface area contributed by atoms with Crippen LogP contribution >= 0.6 is 0 Å². The van der Waals surface area contributed by atoms with Crippen LogP contribution in [0.5, 0.6) is 5.75 Å². The Hall–Kier alpha value is -2.82. The Labute approximate surface area is 128 Å². The van der Waals surface area contributed by atoms with Gasteiger partial charge in [0.1, 0.15) is 11.8 Å². The number of nitrogens with one attached hydrogen (secondary N) is 1. The Morgan fingerprint density at radius 1 is 1.05 bits per heavy atom. The maximum atomic E-state index is 12.7. The molecule has 0 unspecified atom stereocenters. The molecular formula is C17H16N2O3. The Bertz CT molecular complexity index is 728. The van der Waals surface area contributed by atoms with Crippen molar-refractivity contribution in [3.8, 4) is 5.75 Å². The zero-order chi connectivity index (χ0) is 15.7. The zero-order valence-electron chi connectivity index (χ0n) is 12.4. The van der Waals surface area contributed by atoms with Crippen LogP contribution < -0.4 is 15.0 Å². The van der Waals surface area contributed by atoms with Crippen LogP contribution in [0.15, 0.2) is 48.5 Å². The van der Waals surface area contributed by atoms with Gasteiger partial charge in [0.05, 0.1) is 12.8 Å². The largest absolute Gasteiger partial charge is 0.495 e. The first-order valence-electron chi connectivity index (χ1n) is 6.96. The zero-order valence-corrected chi connectivity index (χ0v) is 12.4. The minimum atomic E-state index is -0.669. The number of imide groups is 1. The van der Waals surface area contributed by atoms with Gasteiger partial charge in [0.25, 0.3) is 5.91 Å². The highest BCUT2D eigenvalue weighted by Crippen LogP contribution is 2.36. The average molecular weight is 296 g/mol. The first kappa shape index (κ1) is 14.1. The van der Waals surface area contributed by atoms with Gasteiger partial charge in [-0.1, -0.05) is 42.5 Å². The molecule has 1 aliphatic rings. The maximum absolute atomic E-state index is 12.7. The fourth-order valence-corrected chi connectivity index (χ4v) is 2.65. The van der Waals surface area contributed by atoms with Crippen LogP contribution in [0.25, 0.3) is 0 Å². The van der Waals surface area contributed by atoms with E-state index in [9.17, 15) is 9.59 Å². The van der Waals surface area contributed by atoms with Crippen molar-refractivity contribution in [3.05, 3.63) is 59.7 Å². The fraction of sp³-hybridized carbons (Fsp3) is 0.176. The number of methoxy groups -OCH3 is 1. The van der Waals surface area contributed by atoms with Crippen molar-refractivity contribution in [3.63, 3.8) is 0 Å². The van der Waals surface area contributed by atoms with E-state index in [2.05, 4.69) is 5.32 Å². The Morgan fingerprint density at radius 2 is 1.77 bits per heavy atom. The number of nitrogens with zero attached hydrogens (tertiary/aromatic N) is 1. The summed E-state index contributed by atoms with van der Waals surface area (Å²) in [6.07, 6.45) is 0. The first-order chi connectivity index (χ1) is 10.6. The van der Waals surface area contributed by atoms with E-state index in [4.69, 9.17) is 4.74 Å². The fourth-order valence-electron chi connectivity index (χ4n) is 2.65. The molecule has 0 spiro atoms. The summed E-state index contributed by atoms with van der Waals surface area (Å²) in [7, 11) is 1.52. The lowest BCUT2D eigenvalue weighted by Crippen LogP contribution is -2.31. The maximum Gasteiger partial charge on any atom is 0.329 e. The first-order valence-corrected chi connectivity index (χ1v) is 6.96. The van der Waals surface area contributed by atoms with Gasteiger partial charge in [0.2, 0.25) is 0 Å². The smallest absolute Gasteiger partial charge is 0.329 e. The number of ether oxygens (including phenoxy) is 1. The van der Waals surface area contributed by atoms with Crippen molar-refractivity contribution in [2.24, 2.45) is 0 Å². The highest BCUT2D eigenvalue weighted by Gasteiger charge is 2.41. The third-order valence-electron chi connectivity index (χ3n) is 3.72. The molecule has 5 heteroatoms. The molecule has 22 heavy (non-hydrogen) atoms. The van der Waals surface area contributed by atoms with Crippen LogP contribution in [-0.2, 0) is 4.79 Å². The normalized spacial score (nSPS) is 17.5. The quantitative estimate of drug-likeness (QED) is 0.886. The predicted molar refractivity (Wildman–Crippen MR) is 82.9 cm³/mol. The van der Waals surface area contributed by atoms with Gasteiger partial charge in [-0.05, 0) is 24.1 Å². The van der Waals surface area contributed by atoms with Gasteiger partial charge >= 0.3 is 6.03 Å². The highest BCUT2D eigenvalue weighted by molar-refractivity contribution is 6.22. The second-order valence-corrected chi connectivity index (χ2v) is 5.09. The number of benzene rings is 2. The summed E-state index contributed by atoms with van der Waals surface area (Å²) in [6.45, 7) is 1.84. The molecule has 1 fully saturated rings. The van der Waals surface area contributed by atoms with Crippen molar-refractivity contribution in [2.75, 3.05) is 12.0 Å². The summed E-state index contributed by atoms with van der Waals surface area (Å²) in [5.74, 6) is 0.195. The third kappa shape index (κ3) is 2.20. The van der Waals surface area contributed by atoms with Crippen LogP contribution in [0.3, 0.4) is 0 Å². The molecule has 0 bridgehead atoms. The van der Waals surface area contributed by atoms with Crippen molar-refractivity contribution in [2.45, 2.75) is 13.0 Å². The summed E-state index contributed by atoms with van der Waals surface area (Å²) in [4.78, 5) is 26.2. The van der Waals surface area contributed by atoms with Gasteiger partial charge in [-0.25, -0.2) is 9.69 Å². The number of rotatable bonds is 3. The number of anilines is 1. The van der Waals surface area contributed by atoms with Gasteiger partial charge in [-0.15, -0.1) is 0 Å². The van der Waals surface area contributed by atoms with Crippen LogP contribution in [0.2, 0.25) is 0 Å². The minimum Gasteiger partial charge on any atom is -0.495 e. The van der Waals surface area contributed by atoms with Gasteiger partial charge in [0.15, 0.2) is 0 Å². The molecule has 1 aliphatic heterocycles. The van der Waals surface area contributed by atoms with E-state index in [1.165, 1.54) is 7.11 Å². The molecule has 2 aromatic carbocycles. The van der Waals surface area contributed by atoms with Crippen molar-refractivity contribution >= 4 is 17.6 Å². The summed E-state index contributed by atoms with van der Waals surface area (Å²) in [5.41, 5.74) is 2.05. The monoisotopic (exact) mass is 296 g/mol. The summed E-state index contributed by atoms with van der Waals surface area (Å²) in [5, 5.41) is 2.73. The minimum absolute atomic E-state index is 0.302. The molecule has 1 atom stereocenters. The lowest BCUT2D eigenvalue weighted by atomic mass is 10.1. The van der Waals surface area contributed by atoms with Crippen LogP contribution in [0.4, 0.5) is 10.5 Å². The molecule has 5 nitrogen and oxygen atoms in total. The molecule has 0 radical (unpaired) electrons. The lowest BCUT2D eigenvalue weighted by Gasteiger charge is -2.18. The number of carbonyl (C=O) groups excluding carboxylic acids is 2. The SMILES string of the molecule is COc1cccc(C)c1N1C(=O)N[C@@H](c2ccccc2)C1=O. The van der Waals surface area contributed by atoms with Gasteiger partial charge in [-0.3, -0.25) is 4.79 Å². The van der Waals surface area contributed by atoms with Crippen molar-refractivity contribution in [1.82, 2.24) is 5.32 Å². The third-order valence-corrected chi connectivity index (χ3v) is 3.72. The Kier molecular flexibility index (Phi) is 3.55. The molecule has 1 heterocycles. The van der Waals surface area contributed by atoms with Crippen LogP contribution in [0, 0.1) is 6.92 Å². The van der Waals surface area contributed by atoms with Gasteiger partial charge < -0.3 is 10.1 Å². The average Bonchev–Trinajstić information content (AvgIpc) is 2.83. The molecule has 3 amide bonds. The highest BCUT2D eigenvalue weighted by atomic mass is 16.5. The van der Waals surface area contributed by atoms with Crippen LogP contribution in [0.1, 0.15) is 17.2 Å². The van der Waals surface area contributed by atoms with Gasteiger partial charge in [-0.2, -0.15) is 0 Å². The second kappa shape index (κ2) is 5.52. The van der Waals surface area contributed by atoms with E-state index in [0.717, 1.165) is 16.0 Å². The lowest BCUT2D eigenvalue weighted by molar-refractivity contribution is -0.118. The van der Waals surface area contributed by atoms with E-state index in [1.54, 1.807) is 6.07 Å². The summed E-state index contributed by atoms with van der Waals surface area (Å²) < 4.78 is 5.30. The Morgan fingerprint density at radius 3 is 2.45 bits per heavy atom. The summed E-state index contributed by atoms with van der Waals surface area (Å²) in [6, 6.07) is 13.5. The molecule has 2 aromatic rings. The van der Waals surface area contributed by atoms with E-state index in [-0.39, 0.29) is 5.91 Å². The number of carbonyl (C=O) groups is 2. The topological polar surface area (TPSA) is 58.6 Å². The molecule has 3 rings (SSSR count). The number of urea groups is 1. The van der Waals surface area contributed by atoms with Gasteiger partial charge in [0, 0.05) is 0 Å². The van der Waals surface area contributed by atoms with Crippen LogP contribution in [-0.4, -0.2) is 19.0 Å². The van der Waals surface area contributed by atoms with Crippen molar-refractivity contribution in [1.29, 1.82) is 0 Å². The molecule has 112 valence electrons. The number of amides is 3. The number of hydrogen-bond donors (Lipinski definition) is 1. The molecule has 1 saturated heterocycles. The number of aryl methyl sites for hydroxylation is 1. The predicted octanol–water partition coefficient (Wildman–Crippen LogP) is 2.80. The molecule has 0 aliphatic carbocycles.